The van der Waals surface area contributed by atoms with Crippen LogP contribution in [0, 0.1) is 12.8 Å². The summed E-state index contributed by atoms with van der Waals surface area (Å²) in [5.41, 5.74) is 1.39. The van der Waals surface area contributed by atoms with Gasteiger partial charge in [-0.15, -0.1) is 0 Å². The second kappa shape index (κ2) is 7.20. The van der Waals surface area contributed by atoms with Crippen LogP contribution in [-0.4, -0.2) is 71.6 Å². The van der Waals surface area contributed by atoms with E-state index in [9.17, 15) is 9.59 Å². The number of amides is 2. The molecule has 3 aliphatic rings. The first-order valence-corrected chi connectivity index (χ1v) is 9.94. The van der Waals surface area contributed by atoms with Crippen LogP contribution in [0.5, 0.6) is 0 Å². The fourth-order valence-electron chi connectivity index (χ4n) is 4.19. The first-order chi connectivity index (χ1) is 13.3. The minimum Gasteiger partial charge on any atom is -0.368 e. The molecule has 4 rings (SSSR count). The van der Waals surface area contributed by atoms with E-state index in [1.54, 1.807) is 0 Å². The lowest BCUT2D eigenvalue weighted by Gasteiger charge is -2.41. The number of ether oxygens (including phenoxy) is 1. The van der Waals surface area contributed by atoms with Crippen LogP contribution >= 0.6 is 0 Å². The smallest absolute Gasteiger partial charge is 0.251 e. The second-order valence-corrected chi connectivity index (χ2v) is 8.21. The Bertz CT molecular complexity index is 786. The number of anilines is 3. The molecule has 2 N–H and O–H groups in total. The van der Waals surface area contributed by atoms with E-state index in [2.05, 4.69) is 20.6 Å². The van der Waals surface area contributed by atoms with E-state index in [1.165, 1.54) is 0 Å². The zero-order valence-electron chi connectivity index (χ0n) is 16.9. The summed E-state index contributed by atoms with van der Waals surface area (Å²) in [5, 5.41) is 6.28. The van der Waals surface area contributed by atoms with Gasteiger partial charge in [-0.05, 0) is 25.7 Å². The minimum atomic E-state index is -0.270. The number of rotatable bonds is 4. The van der Waals surface area contributed by atoms with Gasteiger partial charge in [0.05, 0.1) is 11.7 Å². The summed E-state index contributed by atoms with van der Waals surface area (Å²) in [6.07, 6.45) is 1.50. The number of nitrogens with one attached hydrogen (secondary N) is 2. The summed E-state index contributed by atoms with van der Waals surface area (Å²) in [6.45, 7) is 7.83. The Morgan fingerprint density at radius 1 is 1.32 bits per heavy atom. The number of nitrogens with zero attached hydrogens (tertiary/aromatic N) is 4. The van der Waals surface area contributed by atoms with Crippen LogP contribution in [0.2, 0.25) is 0 Å². The molecular formula is C19H28N6O3. The van der Waals surface area contributed by atoms with Crippen molar-refractivity contribution in [3.8, 4) is 0 Å². The number of carbonyl (C=O) groups excluding carboxylic acids is 2. The lowest BCUT2D eigenvalue weighted by Crippen LogP contribution is -2.59. The van der Waals surface area contributed by atoms with Gasteiger partial charge in [-0.1, -0.05) is 13.8 Å². The Morgan fingerprint density at radius 2 is 2.07 bits per heavy atom. The molecule has 2 fully saturated rings. The fourth-order valence-corrected chi connectivity index (χ4v) is 4.19. The van der Waals surface area contributed by atoms with Crippen LogP contribution in [0.3, 0.4) is 0 Å². The predicted octanol–water partition coefficient (Wildman–Crippen LogP) is 1.000. The zero-order valence-corrected chi connectivity index (χ0v) is 16.9. The second-order valence-electron chi connectivity index (χ2n) is 8.21. The van der Waals surface area contributed by atoms with Crippen molar-refractivity contribution in [3.05, 3.63) is 5.69 Å². The normalized spacial score (nSPS) is 24.8. The maximum Gasteiger partial charge on any atom is 0.251 e. The first-order valence-electron chi connectivity index (χ1n) is 9.94. The van der Waals surface area contributed by atoms with Gasteiger partial charge in [0.25, 0.3) is 5.91 Å². The van der Waals surface area contributed by atoms with Gasteiger partial charge in [0.2, 0.25) is 11.9 Å². The minimum absolute atomic E-state index is 0.0281. The van der Waals surface area contributed by atoms with Crippen molar-refractivity contribution in [1.82, 2.24) is 14.9 Å². The van der Waals surface area contributed by atoms with Gasteiger partial charge < -0.3 is 25.2 Å². The molecule has 0 bridgehead atoms. The van der Waals surface area contributed by atoms with Gasteiger partial charge in [0, 0.05) is 26.7 Å². The highest BCUT2D eigenvalue weighted by Gasteiger charge is 2.38. The summed E-state index contributed by atoms with van der Waals surface area (Å²) >= 11 is 0. The van der Waals surface area contributed by atoms with Crippen molar-refractivity contribution in [1.29, 1.82) is 0 Å². The molecule has 28 heavy (non-hydrogen) atoms. The molecule has 0 aliphatic carbocycles. The molecule has 0 spiro atoms. The molecule has 9 heteroatoms. The van der Waals surface area contributed by atoms with E-state index in [4.69, 9.17) is 4.74 Å². The molecule has 3 aliphatic heterocycles. The Balaban J connectivity index is 1.44. The largest absolute Gasteiger partial charge is 0.368 e. The number of aryl methyl sites for hydroxylation is 1. The Kier molecular flexibility index (Phi) is 4.86. The van der Waals surface area contributed by atoms with Gasteiger partial charge in [0.1, 0.15) is 17.8 Å². The molecule has 1 unspecified atom stereocenters. The van der Waals surface area contributed by atoms with Crippen molar-refractivity contribution < 1.29 is 14.3 Å². The quantitative estimate of drug-likeness (QED) is 0.794. The number of hydrogen-bond donors (Lipinski definition) is 2. The lowest BCUT2D eigenvalue weighted by molar-refractivity contribution is -0.145. The maximum atomic E-state index is 12.4. The van der Waals surface area contributed by atoms with E-state index < -0.39 is 0 Å². The van der Waals surface area contributed by atoms with Crippen molar-refractivity contribution in [2.24, 2.45) is 5.92 Å². The zero-order chi connectivity index (χ0) is 20.0. The molecule has 0 aromatic carbocycles. The van der Waals surface area contributed by atoms with Crippen LogP contribution in [-0.2, 0) is 14.3 Å². The van der Waals surface area contributed by atoms with E-state index >= 15 is 0 Å². The average Bonchev–Trinajstić information content (AvgIpc) is 3.12. The first kappa shape index (κ1) is 18.9. The summed E-state index contributed by atoms with van der Waals surface area (Å²) in [5.74, 6) is 1.46. The highest BCUT2D eigenvalue weighted by Crippen LogP contribution is 2.34. The molecule has 1 aromatic heterocycles. The lowest BCUT2D eigenvalue weighted by atomic mass is 9.99. The molecule has 2 saturated heterocycles. The Morgan fingerprint density at radius 3 is 2.71 bits per heavy atom. The molecule has 0 saturated carbocycles. The fraction of sp³-hybridized carbons (Fsp3) is 0.684. The van der Waals surface area contributed by atoms with Gasteiger partial charge in [-0.2, -0.15) is 4.98 Å². The highest BCUT2D eigenvalue weighted by atomic mass is 16.5. The SMILES string of the molecule is Cc1nc(NC2CN(C(=O)C3CCCO3)C2)nc2c1NC(=O)[C@H](C(C)C)N2C. The monoisotopic (exact) mass is 388 g/mol. The van der Waals surface area contributed by atoms with Crippen LogP contribution in [0.1, 0.15) is 32.4 Å². The molecule has 0 radical (unpaired) electrons. The molecule has 2 atom stereocenters. The molecule has 4 heterocycles. The van der Waals surface area contributed by atoms with Crippen molar-refractivity contribution in [2.75, 3.05) is 42.3 Å². The third-order valence-electron chi connectivity index (χ3n) is 5.70. The molecule has 1 aromatic rings. The van der Waals surface area contributed by atoms with Crippen molar-refractivity contribution in [3.63, 3.8) is 0 Å². The number of likely N-dealkylation sites (tertiary alicyclic amines) is 1. The van der Waals surface area contributed by atoms with E-state index in [0.29, 0.717) is 31.3 Å². The van der Waals surface area contributed by atoms with Crippen LogP contribution in [0.4, 0.5) is 17.5 Å². The molecule has 9 nitrogen and oxygen atoms in total. The summed E-state index contributed by atoms with van der Waals surface area (Å²) in [4.78, 5) is 37.7. The van der Waals surface area contributed by atoms with Crippen molar-refractivity contribution in [2.45, 2.75) is 51.8 Å². The maximum absolute atomic E-state index is 12.4. The third kappa shape index (κ3) is 3.28. The number of likely N-dealkylation sites (N-methyl/N-ethyl adjacent to an activating group) is 1. The van der Waals surface area contributed by atoms with Crippen LogP contribution < -0.4 is 15.5 Å². The van der Waals surface area contributed by atoms with Gasteiger partial charge in [-0.3, -0.25) is 9.59 Å². The molecular weight excluding hydrogens is 360 g/mol. The van der Waals surface area contributed by atoms with E-state index in [0.717, 1.165) is 24.4 Å². The van der Waals surface area contributed by atoms with Gasteiger partial charge >= 0.3 is 0 Å². The number of aromatic nitrogens is 2. The molecule has 152 valence electrons. The summed E-state index contributed by atoms with van der Waals surface area (Å²) < 4.78 is 5.48. The topological polar surface area (TPSA) is 99.7 Å². The van der Waals surface area contributed by atoms with Gasteiger partial charge in [0.15, 0.2) is 5.82 Å². The Labute approximate surface area is 164 Å². The van der Waals surface area contributed by atoms with Crippen molar-refractivity contribution >= 4 is 29.3 Å². The number of carbonyl (C=O) groups is 2. The standard InChI is InChI=1S/C19H28N6O3/c1-10(2)15-17(26)22-14-11(3)20-19(23-16(14)24(15)4)21-12-8-25(9-12)18(27)13-6-5-7-28-13/h10,12-13,15H,5-9H2,1-4H3,(H,22,26)(H,20,21,23)/t13?,15-/m0/s1. The van der Waals surface area contributed by atoms with Crippen LogP contribution in [0.15, 0.2) is 0 Å². The van der Waals surface area contributed by atoms with Gasteiger partial charge in [-0.25, -0.2) is 4.98 Å². The van der Waals surface area contributed by atoms with E-state index in [1.807, 2.05) is 37.6 Å². The highest BCUT2D eigenvalue weighted by molar-refractivity contribution is 6.03. The Hall–Kier alpha value is -2.42. The van der Waals surface area contributed by atoms with E-state index in [-0.39, 0.29) is 35.9 Å². The average molecular weight is 388 g/mol. The van der Waals surface area contributed by atoms with Crippen LogP contribution in [0.25, 0.3) is 0 Å². The third-order valence-corrected chi connectivity index (χ3v) is 5.70. The molecule has 2 amide bonds. The number of hydrogen-bond acceptors (Lipinski definition) is 7. The number of fused-ring (bicyclic) bond motifs is 1. The predicted molar refractivity (Wildman–Crippen MR) is 105 cm³/mol. The summed E-state index contributed by atoms with van der Waals surface area (Å²) in [7, 11) is 1.89. The summed E-state index contributed by atoms with van der Waals surface area (Å²) in [6, 6.07) is -0.148.